The highest BCUT2D eigenvalue weighted by Crippen LogP contribution is 2.28. The number of likely N-dealkylation sites (N-methyl/N-ethyl adjacent to an activating group) is 1. The van der Waals surface area contributed by atoms with Crippen LogP contribution < -0.4 is 5.73 Å². The third-order valence-corrected chi connectivity index (χ3v) is 4.14. The first-order chi connectivity index (χ1) is 9.28. The van der Waals surface area contributed by atoms with E-state index in [9.17, 15) is 9.59 Å². The lowest BCUT2D eigenvalue weighted by atomic mass is 9.84. The van der Waals surface area contributed by atoms with Gasteiger partial charge in [-0.25, -0.2) is 0 Å². The number of nitrogens with two attached hydrogens (primary N) is 1. The van der Waals surface area contributed by atoms with Crippen LogP contribution in [0, 0.1) is 5.41 Å². The molecule has 1 atom stereocenters. The summed E-state index contributed by atoms with van der Waals surface area (Å²) in [6.07, 6.45) is 3.95. The van der Waals surface area contributed by atoms with Crippen LogP contribution in [0.25, 0.3) is 0 Å². The Morgan fingerprint density at radius 1 is 1.30 bits per heavy atom. The molecule has 2 amide bonds. The quantitative estimate of drug-likeness (QED) is 0.797. The number of nitrogens with zero attached hydrogens (tertiary/aromatic N) is 2. The Balaban J connectivity index is 2.56. The second-order valence-electron chi connectivity index (χ2n) is 6.68. The molecule has 1 saturated heterocycles. The zero-order chi connectivity index (χ0) is 15.3. The molecular formula is C15H29N3O2. The Morgan fingerprint density at radius 3 is 2.50 bits per heavy atom. The minimum Gasteiger partial charge on any atom is -0.347 e. The van der Waals surface area contributed by atoms with Gasteiger partial charge >= 0.3 is 0 Å². The lowest BCUT2D eigenvalue weighted by Crippen LogP contribution is -2.45. The Bertz CT molecular complexity index is 353. The maximum Gasteiger partial charge on any atom is 0.244 e. The van der Waals surface area contributed by atoms with Gasteiger partial charge in [0.2, 0.25) is 11.8 Å². The number of carbonyl (C=O) groups excluding carboxylic acids is 2. The predicted octanol–water partition coefficient (Wildman–Crippen LogP) is 1.22. The van der Waals surface area contributed by atoms with Crippen LogP contribution in [0.1, 0.15) is 46.0 Å². The van der Waals surface area contributed by atoms with Crippen LogP contribution in [-0.2, 0) is 9.59 Å². The van der Waals surface area contributed by atoms with E-state index in [0.717, 1.165) is 25.7 Å². The molecule has 1 rings (SSSR count). The average molecular weight is 283 g/mol. The van der Waals surface area contributed by atoms with Crippen LogP contribution >= 0.6 is 0 Å². The van der Waals surface area contributed by atoms with Crippen molar-refractivity contribution in [3.05, 3.63) is 0 Å². The molecular weight excluding hydrogens is 254 g/mol. The normalized spacial score (nSPS) is 19.2. The first kappa shape index (κ1) is 17.0. The van der Waals surface area contributed by atoms with E-state index in [-0.39, 0.29) is 23.3 Å². The first-order valence-electron chi connectivity index (χ1n) is 7.49. The van der Waals surface area contributed by atoms with Gasteiger partial charge in [0.05, 0.1) is 0 Å². The van der Waals surface area contributed by atoms with Crippen LogP contribution in [0.5, 0.6) is 0 Å². The molecule has 116 valence electrons. The molecule has 0 aromatic rings. The molecule has 5 nitrogen and oxygen atoms in total. The van der Waals surface area contributed by atoms with E-state index >= 15 is 0 Å². The van der Waals surface area contributed by atoms with Crippen molar-refractivity contribution in [2.45, 2.75) is 52.0 Å². The molecule has 2 N–H and O–H groups in total. The van der Waals surface area contributed by atoms with Crippen molar-refractivity contribution < 1.29 is 9.59 Å². The van der Waals surface area contributed by atoms with Crippen molar-refractivity contribution in [1.82, 2.24) is 9.80 Å². The summed E-state index contributed by atoms with van der Waals surface area (Å²) >= 11 is 0. The van der Waals surface area contributed by atoms with Gasteiger partial charge in [0.15, 0.2) is 0 Å². The molecule has 1 unspecified atom stereocenters. The van der Waals surface area contributed by atoms with Gasteiger partial charge < -0.3 is 15.5 Å². The summed E-state index contributed by atoms with van der Waals surface area (Å²) < 4.78 is 0. The Labute approximate surface area is 122 Å². The lowest BCUT2D eigenvalue weighted by molar-refractivity contribution is -0.142. The molecule has 5 heteroatoms. The molecule has 0 spiro atoms. The second-order valence-corrected chi connectivity index (χ2v) is 6.68. The molecule has 20 heavy (non-hydrogen) atoms. The summed E-state index contributed by atoms with van der Waals surface area (Å²) in [5, 5.41) is 0. The Hall–Kier alpha value is -1.10. The molecule has 1 heterocycles. The lowest BCUT2D eigenvalue weighted by Gasteiger charge is -2.28. The minimum atomic E-state index is -0.255. The number of likely N-dealkylation sites (tertiary alicyclic amines) is 1. The highest BCUT2D eigenvalue weighted by Gasteiger charge is 2.35. The van der Waals surface area contributed by atoms with Gasteiger partial charge in [-0.1, -0.05) is 13.8 Å². The van der Waals surface area contributed by atoms with Crippen LogP contribution in [0.4, 0.5) is 0 Å². The largest absolute Gasteiger partial charge is 0.347 e. The fraction of sp³-hybridized carbons (Fsp3) is 0.867. The van der Waals surface area contributed by atoms with E-state index < -0.39 is 0 Å². The van der Waals surface area contributed by atoms with Gasteiger partial charge in [-0.3, -0.25) is 9.59 Å². The minimum absolute atomic E-state index is 0.0390. The molecule has 0 aromatic heterocycles. The standard InChI is InChI=1S/C15H29N3O2/c1-15(2,9-10-16)8-7-13(19)18-11-5-6-12(18)14(20)17(3)4/h12H,5-11,16H2,1-4H3. The van der Waals surface area contributed by atoms with Crippen LogP contribution in [0.2, 0.25) is 0 Å². The number of rotatable bonds is 6. The number of amides is 2. The SMILES string of the molecule is CN(C)C(=O)C1CCCN1C(=O)CCC(C)(C)CCN. The van der Waals surface area contributed by atoms with Gasteiger partial charge in [0.1, 0.15) is 6.04 Å². The average Bonchev–Trinajstić information content (AvgIpc) is 2.84. The number of carbonyl (C=O) groups is 2. The summed E-state index contributed by atoms with van der Waals surface area (Å²) in [5.41, 5.74) is 5.68. The van der Waals surface area contributed by atoms with Crippen LogP contribution in [0.15, 0.2) is 0 Å². The van der Waals surface area contributed by atoms with Gasteiger partial charge in [-0.05, 0) is 37.6 Å². The van der Waals surface area contributed by atoms with Gasteiger partial charge in [-0.2, -0.15) is 0 Å². The van der Waals surface area contributed by atoms with E-state index in [1.54, 1.807) is 23.9 Å². The summed E-state index contributed by atoms with van der Waals surface area (Å²) in [4.78, 5) is 27.8. The summed E-state index contributed by atoms with van der Waals surface area (Å²) in [5.74, 6) is 0.143. The number of hydrogen-bond donors (Lipinski definition) is 1. The van der Waals surface area contributed by atoms with Crippen molar-refractivity contribution >= 4 is 11.8 Å². The Kier molecular flexibility index (Phi) is 5.99. The topological polar surface area (TPSA) is 66.6 Å². The van der Waals surface area contributed by atoms with Gasteiger partial charge in [0.25, 0.3) is 0 Å². The van der Waals surface area contributed by atoms with Crippen LogP contribution in [0.3, 0.4) is 0 Å². The fourth-order valence-electron chi connectivity index (χ4n) is 2.72. The van der Waals surface area contributed by atoms with Crippen molar-refractivity contribution in [2.24, 2.45) is 11.1 Å². The van der Waals surface area contributed by atoms with Crippen molar-refractivity contribution in [2.75, 3.05) is 27.2 Å². The third kappa shape index (κ3) is 4.47. The molecule has 1 aliphatic heterocycles. The van der Waals surface area contributed by atoms with E-state index in [1.165, 1.54) is 0 Å². The van der Waals surface area contributed by atoms with E-state index in [4.69, 9.17) is 5.73 Å². The monoisotopic (exact) mass is 283 g/mol. The maximum absolute atomic E-state index is 12.4. The molecule has 0 saturated carbocycles. The van der Waals surface area contributed by atoms with Crippen molar-refractivity contribution in [3.63, 3.8) is 0 Å². The Morgan fingerprint density at radius 2 is 1.95 bits per heavy atom. The fourth-order valence-corrected chi connectivity index (χ4v) is 2.72. The maximum atomic E-state index is 12.4. The molecule has 0 aliphatic carbocycles. The molecule has 1 fully saturated rings. The predicted molar refractivity (Wildman–Crippen MR) is 80.1 cm³/mol. The summed E-state index contributed by atoms with van der Waals surface area (Å²) in [6.45, 7) is 5.63. The molecule has 0 radical (unpaired) electrons. The van der Waals surface area contributed by atoms with Gasteiger partial charge in [-0.15, -0.1) is 0 Å². The van der Waals surface area contributed by atoms with E-state index in [1.807, 2.05) is 0 Å². The third-order valence-electron chi connectivity index (χ3n) is 4.14. The van der Waals surface area contributed by atoms with E-state index in [2.05, 4.69) is 13.8 Å². The molecule has 1 aliphatic rings. The highest BCUT2D eigenvalue weighted by molar-refractivity contribution is 5.88. The first-order valence-corrected chi connectivity index (χ1v) is 7.49. The van der Waals surface area contributed by atoms with Crippen molar-refractivity contribution in [3.8, 4) is 0 Å². The van der Waals surface area contributed by atoms with Crippen LogP contribution in [-0.4, -0.2) is 54.8 Å². The zero-order valence-electron chi connectivity index (χ0n) is 13.3. The van der Waals surface area contributed by atoms with E-state index in [0.29, 0.717) is 19.5 Å². The molecule has 0 bridgehead atoms. The highest BCUT2D eigenvalue weighted by atomic mass is 16.2. The summed E-state index contributed by atoms with van der Waals surface area (Å²) in [6, 6.07) is -0.255. The molecule has 0 aromatic carbocycles. The van der Waals surface area contributed by atoms with Gasteiger partial charge in [0, 0.05) is 27.1 Å². The summed E-state index contributed by atoms with van der Waals surface area (Å²) in [7, 11) is 3.49. The zero-order valence-corrected chi connectivity index (χ0v) is 13.3. The van der Waals surface area contributed by atoms with Crippen molar-refractivity contribution in [1.29, 1.82) is 0 Å². The second kappa shape index (κ2) is 7.07. The number of hydrogen-bond acceptors (Lipinski definition) is 3. The smallest absolute Gasteiger partial charge is 0.244 e.